The molecule has 100 valence electrons. The number of thioether (sulfide) groups is 1. The molecule has 0 atom stereocenters. The van der Waals surface area contributed by atoms with Gasteiger partial charge in [-0.3, -0.25) is 0 Å². The molecule has 2 aromatic rings. The highest BCUT2D eigenvalue weighted by Crippen LogP contribution is 2.29. The Morgan fingerprint density at radius 3 is 2.68 bits per heavy atom. The van der Waals surface area contributed by atoms with Crippen molar-refractivity contribution in [2.45, 2.75) is 5.16 Å². The molecule has 7 heteroatoms. The number of nitrogens with one attached hydrogen (secondary N) is 1. The van der Waals surface area contributed by atoms with Crippen LogP contribution in [0, 0.1) is 0 Å². The molecule has 0 aliphatic heterocycles. The molecule has 1 aromatic carbocycles. The van der Waals surface area contributed by atoms with Crippen molar-refractivity contribution in [3.8, 4) is 5.75 Å². The largest absolute Gasteiger partial charge is 0.495 e. The highest BCUT2D eigenvalue weighted by molar-refractivity contribution is 7.98. The lowest BCUT2D eigenvalue weighted by Crippen LogP contribution is -1.97. The van der Waals surface area contributed by atoms with Crippen molar-refractivity contribution in [1.82, 2.24) is 9.97 Å². The summed E-state index contributed by atoms with van der Waals surface area (Å²) in [7, 11) is 1.57. The number of anilines is 2. The van der Waals surface area contributed by atoms with Crippen LogP contribution in [0.2, 0.25) is 10.2 Å². The van der Waals surface area contributed by atoms with Gasteiger partial charge in [0.05, 0.1) is 12.1 Å². The van der Waals surface area contributed by atoms with E-state index in [-0.39, 0.29) is 0 Å². The van der Waals surface area contributed by atoms with Gasteiger partial charge in [-0.2, -0.15) is 0 Å². The van der Waals surface area contributed by atoms with Gasteiger partial charge in [-0.05, 0) is 18.4 Å². The number of halogens is 2. The lowest BCUT2D eigenvalue weighted by atomic mass is 10.3. The van der Waals surface area contributed by atoms with Gasteiger partial charge in [0.15, 0.2) is 5.16 Å². The highest BCUT2D eigenvalue weighted by atomic mass is 35.5. The zero-order chi connectivity index (χ0) is 13.8. The summed E-state index contributed by atoms with van der Waals surface area (Å²) in [6.45, 7) is 0. The van der Waals surface area contributed by atoms with Crippen LogP contribution >= 0.6 is 35.0 Å². The van der Waals surface area contributed by atoms with Crippen LogP contribution in [0.3, 0.4) is 0 Å². The maximum Gasteiger partial charge on any atom is 0.190 e. The van der Waals surface area contributed by atoms with Gasteiger partial charge >= 0.3 is 0 Å². The van der Waals surface area contributed by atoms with Crippen LogP contribution in [0.15, 0.2) is 29.4 Å². The number of methoxy groups -OCH3 is 1. The fourth-order valence-electron chi connectivity index (χ4n) is 1.44. The molecule has 4 nitrogen and oxygen atoms in total. The fourth-order valence-corrected chi connectivity index (χ4v) is 2.25. The maximum absolute atomic E-state index is 5.97. The summed E-state index contributed by atoms with van der Waals surface area (Å²) in [5.41, 5.74) is 0.808. The average Bonchev–Trinajstić information content (AvgIpc) is 2.40. The Morgan fingerprint density at radius 2 is 2.00 bits per heavy atom. The van der Waals surface area contributed by atoms with Crippen molar-refractivity contribution in [2.75, 3.05) is 18.7 Å². The number of benzene rings is 1. The SMILES string of the molecule is COc1cc(Nc2cc(Cl)nc(SC)n2)ccc1Cl. The number of aromatic nitrogens is 2. The minimum absolute atomic E-state index is 0.391. The van der Waals surface area contributed by atoms with Gasteiger partial charge in [0.2, 0.25) is 0 Å². The quantitative estimate of drug-likeness (QED) is 0.519. The van der Waals surface area contributed by atoms with Crippen LogP contribution in [0.4, 0.5) is 11.5 Å². The molecule has 19 heavy (non-hydrogen) atoms. The van der Waals surface area contributed by atoms with Crippen molar-refractivity contribution in [3.05, 3.63) is 34.4 Å². The van der Waals surface area contributed by atoms with Gasteiger partial charge in [0.25, 0.3) is 0 Å². The minimum Gasteiger partial charge on any atom is -0.495 e. The lowest BCUT2D eigenvalue weighted by molar-refractivity contribution is 0.415. The standard InChI is InChI=1S/C12H11Cl2N3OS/c1-18-9-5-7(3-4-8(9)13)15-11-6-10(14)16-12(17-11)19-2/h3-6H,1-2H3,(H,15,16,17). The summed E-state index contributed by atoms with van der Waals surface area (Å²) >= 11 is 13.3. The van der Waals surface area contributed by atoms with Crippen LogP contribution in [-0.4, -0.2) is 23.3 Å². The van der Waals surface area contributed by atoms with E-state index in [1.54, 1.807) is 25.3 Å². The van der Waals surface area contributed by atoms with Crippen molar-refractivity contribution in [1.29, 1.82) is 0 Å². The third kappa shape index (κ3) is 3.65. The Balaban J connectivity index is 2.28. The van der Waals surface area contributed by atoms with Crippen molar-refractivity contribution < 1.29 is 4.74 Å². The normalized spacial score (nSPS) is 10.3. The molecule has 0 amide bonds. The zero-order valence-electron chi connectivity index (χ0n) is 10.3. The molecule has 1 N–H and O–H groups in total. The van der Waals surface area contributed by atoms with Crippen molar-refractivity contribution in [2.24, 2.45) is 0 Å². The molecule has 1 aromatic heterocycles. The van der Waals surface area contributed by atoms with E-state index >= 15 is 0 Å². The summed E-state index contributed by atoms with van der Waals surface area (Å²) < 4.78 is 5.16. The molecule has 0 aliphatic rings. The minimum atomic E-state index is 0.391. The second kappa shape index (κ2) is 6.32. The van der Waals surface area contributed by atoms with Gasteiger partial charge in [-0.25, -0.2) is 9.97 Å². The Morgan fingerprint density at radius 1 is 1.21 bits per heavy atom. The maximum atomic E-state index is 5.97. The van der Waals surface area contributed by atoms with Gasteiger partial charge < -0.3 is 10.1 Å². The van der Waals surface area contributed by atoms with Crippen LogP contribution in [0.1, 0.15) is 0 Å². The molecular formula is C12H11Cl2N3OS. The number of ether oxygens (including phenoxy) is 1. The Hall–Kier alpha value is -1.17. The summed E-state index contributed by atoms with van der Waals surface area (Å²) in [5, 5.41) is 4.69. The van der Waals surface area contributed by atoms with E-state index in [1.807, 2.05) is 12.3 Å². The van der Waals surface area contributed by atoms with Gasteiger partial charge in [-0.15, -0.1) is 0 Å². The molecule has 0 saturated carbocycles. The van der Waals surface area contributed by atoms with Crippen LogP contribution in [0.25, 0.3) is 0 Å². The predicted octanol–water partition coefficient (Wildman–Crippen LogP) is 4.26. The van der Waals surface area contributed by atoms with Crippen LogP contribution < -0.4 is 10.1 Å². The van der Waals surface area contributed by atoms with E-state index in [4.69, 9.17) is 27.9 Å². The topological polar surface area (TPSA) is 47.0 Å². The highest BCUT2D eigenvalue weighted by Gasteiger charge is 2.05. The Kier molecular flexibility index (Phi) is 4.74. The Bertz CT molecular complexity index is 595. The molecule has 0 radical (unpaired) electrons. The number of hydrogen-bond acceptors (Lipinski definition) is 5. The van der Waals surface area contributed by atoms with Crippen LogP contribution in [-0.2, 0) is 0 Å². The molecule has 0 unspecified atom stereocenters. The summed E-state index contributed by atoms with van der Waals surface area (Å²) in [4.78, 5) is 8.38. The molecule has 0 aliphatic carbocycles. The molecule has 2 rings (SSSR count). The summed E-state index contributed by atoms with van der Waals surface area (Å²) in [6, 6.07) is 7.03. The molecule has 0 fully saturated rings. The first-order valence-corrected chi connectivity index (χ1v) is 7.29. The van der Waals surface area contributed by atoms with Gasteiger partial charge in [0.1, 0.15) is 16.7 Å². The second-order valence-electron chi connectivity index (χ2n) is 3.54. The van der Waals surface area contributed by atoms with Crippen molar-refractivity contribution in [3.63, 3.8) is 0 Å². The average molecular weight is 316 g/mol. The van der Waals surface area contributed by atoms with Crippen molar-refractivity contribution >= 4 is 46.5 Å². The first-order chi connectivity index (χ1) is 9.12. The zero-order valence-corrected chi connectivity index (χ0v) is 12.6. The molecule has 0 saturated heterocycles. The summed E-state index contributed by atoms with van der Waals surface area (Å²) in [5.74, 6) is 1.21. The smallest absolute Gasteiger partial charge is 0.190 e. The number of rotatable bonds is 4. The van der Waals surface area contributed by atoms with Gasteiger partial charge in [-0.1, -0.05) is 35.0 Å². The third-order valence-electron chi connectivity index (χ3n) is 2.28. The third-order valence-corrected chi connectivity index (χ3v) is 3.33. The van der Waals surface area contributed by atoms with Crippen LogP contribution in [0.5, 0.6) is 5.75 Å². The lowest BCUT2D eigenvalue weighted by Gasteiger charge is -2.09. The van der Waals surface area contributed by atoms with E-state index in [9.17, 15) is 0 Å². The molecular weight excluding hydrogens is 305 g/mol. The number of nitrogens with zero attached hydrogens (tertiary/aromatic N) is 2. The molecule has 0 bridgehead atoms. The fraction of sp³-hybridized carbons (Fsp3) is 0.167. The number of hydrogen-bond donors (Lipinski definition) is 1. The predicted molar refractivity (Wildman–Crippen MR) is 80.1 cm³/mol. The second-order valence-corrected chi connectivity index (χ2v) is 5.10. The van der Waals surface area contributed by atoms with E-state index in [0.29, 0.717) is 26.9 Å². The van der Waals surface area contributed by atoms with E-state index in [1.165, 1.54) is 11.8 Å². The van der Waals surface area contributed by atoms with Gasteiger partial charge in [0, 0.05) is 17.8 Å². The molecule has 1 heterocycles. The van der Waals surface area contributed by atoms with E-state index in [0.717, 1.165) is 5.69 Å². The van der Waals surface area contributed by atoms with E-state index < -0.39 is 0 Å². The van der Waals surface area contributed by atoms with E-state index in [2.05, 4.69) is 15.3 Å². The summed E-state index contributed by atoms with van der Waals surface area (Å²) in [6.07, 6.45) is 1.89. The Labute approximate surface area is 125 Å². The molecule has 0 spiro atoms. The first kappa shape index (κ1) is 14.2. The first-order valence-electron chi connectivity index (χ1n) is 5.31. The monoisotopic (exact) mass is 315 g/mol.